The van der Waals surface area contributed by atoms with Gasteiger partial charge < -0.3 is 4.52 Å². The third kappa shape index (κ3) is 2.07. The molecule has 0 saturated heterocycles. The van der Waals surface area contributed by atoms with Crippen molar-refractivity contribution in [3.05, 3.63) is 23.7 Å². The first-order valence-corrected chi connectivity index (χ1v) is 6.85. The smallest absolute Gasteiger partial charge is 0.187 e. The van der Waals surface area contributed by atoms with E-state index in [-0.39, 0.29) is 0 Å². The lowest BCUT2D eigenvalue weighted by Crippen LogP contribution is -1.96. The van der Waals surface area contributed by atoms with E-state index < -0.39 is 0 Å². The maximum atomic E-state index is 5.31. The van der Waals surface area contributed by atoms with Gasteiger partial charge in [0, 0.05) is 18.2 Å². The van der Waals surface area contributed by atoms with Gasteiger partial charge in [-0.25, -0.2) is 9.97 Å². The first-order valence-electron chi connectivity index (χ1n) is 5.62. The highest BCUT2D eigenvalue weighted by atomic mass is 32.2. The Bertz CT molecular complexity index is 548. The molecule has 1 fully saturated rings. The fourth-order valence-corrected chi connectivity index (χ4v) is 2.17. The van der Waals surface area contributed by atoms with Crippen LogP contribution < -0.4 is 0 Å². The quantitative estimate of drug-likeness (QED) is 0.616. The molecule has 3 rings (SSSR count). The average Bonchev–Trinajstić information content (AvgIpc) is 3.11. The van der Waals surface area contributed by atoms with E-state index in [0.29, 0.717) is 5.92 Å². The number of nitrogens with zero attached hydrogens (tertiary/aromatic N) is 3. The van der Waals surface area contributed by atoms with Crippen LogP contribution in [0.4, 0.5) is 0 Å². The summed E-state index contributed by atoms with van der Waals surface area (Å²) in [5.41, 5.74) is 2.99. The van der Waals surface area contributed by atoms with E-state index in [4.69, 9.17) is 4.52 Å². The Kier molecular flexibility index (Phi) is 2.63. The first-order chi connectivity index (χ1) is 8.28. The maximum absolute atomic E-state index is 5.31. The third-order valence-corrected chi connectivity index (χ3v) is 3.40. The molecule has 0 aromatic carbocycles. The Labute approximate surface area is 104 Å². The Balaban J connectivity index is 2.08. The highest BCUT2D eigenvalue weighted by Crippen LogP contribution is 2.43. The van der Waals surface area contributed by atoms with Crippen molar-refractivity contribution in [2.24, 2.45) is 0 Å². The fraction of sp³-hybridized carbons (Fsp3) is 0.417. The van der Waals surface area contributed by atoms with Crippen molar-refractivity contribution < 1.29 is 4.52 Å². The monoisotopic (exact) mass is 247 g/mol. The van der Waals surface area contributed by atoms with Crippen LogP contribution in [0.25, 0.3) is 11.3 Å². The Hall–Kier alpha value is -1.36. The molecule has 0 radical (unpaired) electrons. The number of hydrogen-bond acceptors (Lipinski definition) is 5. The molecule has 0 aliphatic heterocycles. The molecule has 5 heteroatoms. The van der Waals surface area contributed by atoms with Gasteiger partial charge in [0.1, 0.15) is 0 Å². The van der Waals surface area contributed by atoms with Crippen LogP contribution in [0.15, 0.2) is 21.9 Å². The van der Waals surface area contributed by atoms with E-state index in [1.807, 2.05) is 25.4 Å². The molecule has 0 amide bonds. The van der Waals surface area contributed by atoms with E-state index in [2.05, 4.69) is 15.1 Å². The van der Waals surface area contributed by atoms with Crippen LogP contribution in [0, 0.1) is 6.92 Å². The highest BCUT2D eigenvalue weighted by Gasteiger charge is 2.29. The summed E-state index contributed by atoms with van der Waals surface area (Å²) in [4.78, 5) is 8.92. The number of hydrogen-bond donors (Lipinski definition) is 0. The van der Waals surface area contributed by atoms with Gasteiger partial charge >= 0.3 is 0 Å². The zero-order valence-electron chi connectivity index (χ0n) is 9.80. The third-order valence-electron chi connectivity index (χ3n) is 2.84. The fourth-order valence-electron chi connectivity index (χ4n) is 1.82. The molecule has 0 atom stereocenters. The van der Waals surface area contributed by atoms with Crippen molar-refractivity contribution in [2.45, 2.75) is 30.8 Å². The predicted molar refractivity (Wildman–Crippen MR) is 66.0 cm³/mol. The van der Waals surface area contributed by atoms with Gasteiger partial charge in [-0.3, -0.25) is 0 Å². The van der Waals surface area contributed by atoms with Crippen molar-refractivity contribution in [2.75, 3.05) is 6.26 Å². The van der Waals surface area contributed by atoms with Gasteiger partial charge in [-0.1, -0.05) is 16.9 Å². The van der Waals surface area contributed by atoms with Crippen LogP contribution in [0.2, 0.25) is 0 Å². The first kappa shape index (κ1) is 10.8. The van der Waals surface area contributed by atoms with Crippen molar-refractivity contribution >= 4 is 11.8 Å². The molecule has 2 heterocycles. The number of thioether (sulfide) groups is 1. The summed E-state index contributed by atoms with van der Waals surface area (Å²) in [6, 6.07) is 1.93. The molecule has 0 bridgehead atoms. The Morgan fingerprint density at radius 1 is 1.41 bits per heavy atom. The largest absolute Gasteiger partial charge is 0.356 e. The van der Waals surface area contributed by atoms with Crippen LogP contribution in [-0.2, 0) is 0 Å². The van der Waals surface area contributed by atoms with Crippen LogP contribution in [-0.4, -0.2) is 21.4 Å². The Morgan fingerprint density at radius 3 is 2.82 bits per heavy atom. The molecule has 0 spiro atoms. The molecule has 1 aliphatic carbocycles. The zero-order chi connectivity index (χ0) is 11.8. The molecule has 4 nitrogen and oxygen atoms in total. The lowest BCUT2D eigenvalue weighted by atomic mass is 10.1. The Morgan fingerprint density at radius 2 is 2.24 bits per heavy atom. The summed E-state index contributed by atoms with van der Waals surface area (Å²) in [5.74, 6) is 1.35. The minimum Gasteiger partial charge on any atom is -0.356 e. The molecule has 88 valence electrons. The van der Waals surface area contributed by atoms with Gasteiger partial charge in [0.05, 0.1) is 17.0 Å². The van der Waals surface area contributed by atoms with Crippen LogP contribution in [0.1, 0.15) is 30.1 Å². The minimum absolute atomic E-state index is 0.573. The van der Waals surface area contributed by atoms with E-state index in [1.54, 1.807) is 11.8 Å². The van der Waals surface area contributed by atoms with Gasteiger partial charge in [-0.15, -0.1) is 0 Å². The summed E-state index contributed by atoms with van der Waals surface area (Å²) in [6.45, 7) is 1.92. The predicted octanol–water partition coefficient (Wildman–Crippen LogP) is 3.04. The normalized spacial score (nSPS) is 15.2. The summed E-state index contributed by atoms with van der Waals surface area (Å²) < 4.78 is 5.31. The van der Waals surface area contributed by atoms with Crippen LogP contribution in [0.3, 0.4) is 0 Å². The summed E-state index contributed by atoms with van der Waals surface area (Å²) in [6.07, 6.45) is 6.27. The van der Waals surface area contributed by atoms with Crippen molar-refractivity contribution in [1.82, 2.24) is 15.1 Å². The van der Waals surface area contributed by atoms with Crippen molar-refractivity contribution in [3.63, 3.8) is 0 Å². The molecule has 0 unspecified atom stereocenters. The molecular weight excluding hydrogens is 234 g/mol. The van der Waals surface area contributed by atoms with E-state index >= 15 is 0 Å². The SMILES string of the molecule is CSc1ncc(-c2cc(C)no2)c(C2CC2)n1. The molecule has 0 N–H and O–H groups in total. The van der Waals surface area contributed by atoms with Gasteiger partial charge in [0.2, 0.25) is 0 Å². The van der Waals surface area contributed by atoms with Crippen LogP contribution >= 0.6 is 11.8 Å². The summed E-state index contributed by atoms with van der Waals surface area (Å²) in [7, 11) is 0. The second-order valence-corrected chi connectivity index (χ2v) is 5.04. The van der Waals surface area contributed by atoms with E-state index in [0.717, 1.165) is 27.9 Å². The average molecular weight is 247 g/mol. The van der Waals surface area contributed by atoms with Gasteiger partial charge in [-0.05, 0) is 26.0 Å². The van der Waals surface area contributed by atoms with Gasteiger partial charge in [0.15, 0.2) is 10.9 Å². The van der Waals surface area contributed by atoms with Gasteiger partial charge in [-0.2, -0.15) is 0 Å². The van der Waals surface area contributed by atoms with Gasteiger partial charge in [0.25, 0.3) is 0 Å². The lowest BCUT2D eigenvalue weighted by molar-refractivity contribution is 0.426. The van der Waals surface area contributed by atoms with Crippen molar-refractivity contribution in [3.8, 4) is 11.3 Å². The lowest BCUT2D eigenvalue weighted by Gasteiger charge is -2.05. The number of aryl methyl sites for hydroxylation is 1. The molecule has 1 saturated carbocycles. The summed E-state index contributed by atoms with van der Waals surface area (Å²) >= 11 is 1.57. The second-order valence-electron chi connectivity index (χ2n) is 4.26. The minimum atomic E-state index is 0.573. The molecule has 2 aromatic rings. The van der Waals surface area contributed by atoms with Crippen LogP contribution in [0.5, 0.6) is 0 Å². The molecule has 2 aromatic heterocycles. The maximum Gasteiger partial charge on any atom is 0.187 e. The number of aromatic nitrogens is 3. The molecule has 17 heavy (non-hydrogen) atoms. The molecular formula is C12H13N3OS. The summed E-state index contributed by atoms with van der Waals surface area (Å²) in [5, 5.41) is 4.75. The van der Waals surface area contributed by atoms with Crippen molar-refractivity contribution in [1.29, 1.82) is 0 Å². The molecule has 1 aliphatic rings. The zero-order valence-corrected chi connectivity index (χ0v) is 10.6. The number of rotatable bonds is 3. The standard InChI is InChI=1S/C12H13N3OS/c1-7-5-10(16-15-7)9-6-13-12(17-2)14-11(9)8-3-4-8/h5-6,8H,3-4H2,1-2H3. The topological polar surface area (TPSA) is 51.8 Å². The van der Waals surface area contributed by atoms with E-state index in [1.165, 1.54) is 12.8 Å². The highest BCUT2D eigenvalue weighted by molar-refractivity contribution is 7.98. The second kappa shape index (κ2) is 4.14. The van der Waals surface area contributed by atoms with E-state index in [9.17, 15) is 0 Å².